The van der Waals surface area contributed by atoms with Gasteiger partial charge in [0.25, 0.3) is 0 Å². The number of fused-ring (bicyclic) bond motifs is 5. The van der Waals surface area contributed by atoms with Crippen LogP contribution in [0.2, 0.25) is 5.02 Å². The number of esters is 1. The monoisotopic (exact) mass is 721 g/mol. The molecule has 49 heavy (non-hydrogen) atoms. The minimum Gasteiger partial charge on any atom is -0.457 e. The molecule has 0 radical (unpaired) electrons. The summed E-state index contributed by atoms with van der Waals surface area (Å²) in [6, 6.07) is 2.85. The Balaban J connectivity index is 1.76. The minimum absolute atomic E-state index is 0.0355. The summed E-state index contributed by atoms with van der Waals surface area (Å²) in [7, 11) is 4.56. The molecule has 0 spiro atoms. The van der Waals surface area contributed by atoms with E-state index in [1.807, 2.05) is 32.1 Å². The topological polar surface area (TPSA) is 147 Å². The molecule has 1 aromatic rings. The second-order valence-electron chi connectivity index (χ2n) is 13.5. The number of benzene rings is 1. The number of likely N-dealkylation sites (N-methyl/N-ethyl adjacent to an activating group) is 1. The largest absolute Gasteiger partial charge is 0.457 e. The van der Waals surface area contributed by atoms with E-state index in [4.69, 9.17) is 30.5 Å². The molecule has 3 aliphatic rings. The maximum Gasteiger partial charge on any atom is 0.409 e. The Bertz CT molecular complexity index is 1520. The average molecular weight is 722 g/mol. The van der Waals surface area contributed by atoms with Gasteiger partial charge in [-0.15, -0.1) is 0 Å². The molecule has 14 heteroatoms. The number of methoxy groups -OCH3 is 1. The van der Waals surface area contributed by atoms with E-state index in [0.717, 1.165) is 16.7 Å². The normalized spacial score (nSPS) is 32.8. The SMILES string of the molecule is CO[C@@H]1/C=C/C=C(\C)Cc2cc(C)c(Cl)c(c2)N(C)C(=O)C[C@H](OC(=O)[C@H](C)N(C)C(=O)CCS)[C@@]2(C)OC2[C@H](C)[C@@H]2C[C@@]1(O)NC(=O)O2. The summed E-state index contributed by atoms with van der Waals surface area (Å²) < 4.78 is 23.5. The number of nitrogens with zero attached hydrogens (tertiary/aromatic N) is 2. The number of aryl methyl sites for hydroxylation is 1. The summed E-state index contributed by atoms with van der Waals surface area (Å²) in [5.74, 6) is -1.57. The molecule has 0 aromatic heterocycles. The van der Waals surface area contributed by atoms with Crippen molar-refractivity contribution in [3.05, 3.63) is 52.1 Å². The lowest BCUT2D eigenvalue weighted by atomic mass is 9.83. The Hall–Kier alpha value is -3.10. The van der Waals surface area contributed by atoms with Gasteiger partial charge in [-0.3, -0.25) is 14.9 Å². The highest BCUT2D eigenvalue weighted by Gasteiger charge is 2.64. The van der Waals surface area contributed by atoms with E-state index in [0.29, 0.717) is 22.9 Å². The van der Waals surface area contributed by atoms with Crippen LogP contribution in [-0.4, -0.2) is 103 Å². The lowest BCUT2D eigenvalue weighted by Crippen LogP contribution is -2.63. The number of carbonyl (C=O) groups is 4. The number of carbonyl (C=O) groups excluding carboxylic acids is 4. The van der Waals surface area contributed by atoms with E-state index in [1.165, 1.54) is 24.0 Å². The highest BCUT2D eigenvalue weighted by Crippen LogP contribution is 2.49. The number of nitrogens with one attached hydrogen (secondary N) is 1. The summed E-state index contributed by atoms with van der Waals surface area (Å²) in [4.78, 5) is 55.6. The number of hydrogen-bond donors (Lipinski definition) is 3. The minimum atomic E-state index is -1.80. The lowest BCUT2D eigenvalue weighted by Gasteiger charge is -2.42. The first-order chi connectivity index (χ1) is 22.9. The van der Waals surface area contributed by atoms with Crippen molar-refractivity contribution in [3.63, 3.8) is 0 Å². The van der Waals surface area contributed by atoms with E-state index in [2.05, 4.69) is 17.9 Å². The van der Waals surface area contributed by atoms with Crippen LogP contribution in [0.3, 0.4) is 0 Å². The maximum absolute atomic E-state index is 14.0. The number of halogens is 1. The maximum atomic E-state index is 14.0. The van der Waals surface area contributed by atoms with Crippen molar-refractivity contribution >= 4 is 53.8 Å². The Kier molecular flexibility index (Phi) is 12.2. The lowest BCUT2D eigenvalue weighted by molar-refractivity contribution is -0.161. The van der Waals surface area contributed by atoms with Crippen molar-refractivity contribution < 1.29 is 43.2 Å². The molecule has 3 aliphatic heterocycles. The fraction of sp³-hybridized carbons (Fsp3) is 0.600. The average Bonchev–Trinajstić information content (AvgIpc) is 3.74. The van der Waals surface area contributed by atoms with E-state index >= 15 is 0 Å². The van der Waals surface area contributed by atoms with E-state index in [1.54, 1.807) is 40.0 Å². The Labute approximate surface area is 298 Å². The van der Waals surface area contributed by atoms with Crippen LogP contribution in [0.4, 0.5) is 10.5 Å². The summed E-state index contributed by atoms with van der Waals surface area (Å²) in [5, 5.41) is 14.6. The first kappa shape index (κ1) is 38.7. The van der Waals surface area contributed by atoms with Crippen LogP contribution < -0.4 is 10.2 Å². The molecule has 12 nitrogen and oxygen atoms in total. The number of epoxide rings is 1. The third-order valence-electron chi connectivity index (χ3n) is 9.85. The number of hydrogen-bond acceptors (Lipinski definition) is 10. The van der Waals surface area contributed by atoms with Gasteiger partial charge < -0.3 is 33.9 Å². The fourth-order valence-corrected chi connectivity index (χ4v) is 6.95. The molecule has 3 amide bonds. The quantitative estimate of drug-likeness (QED) is 0.224. The Morgan fingerprint density at radius 2 is 1.98 bits per heavy atom. The van der Waals surface area contributed by atoms with Gasteiger partial charge in [-0.25, -0.2) is 9.59 Å². The number of alkyl carbamates (subject to hydrolysis) is 1. The van der Waals surface area contributed by atoms with Crippen LogP contribution in [0.1, 0.15) is 58.1 Å². The number of anilines is 1. The zero-order valence-corrected chi connectivity index (χ0v) is 31.0. The van der Waals surface area contributed by atoms with E-state index in [9.17, 15) is 24.3 Å². The number of amides is 3. The van der Waals surface area contributed by atoms with Gasteiger partial charge in [-0.1, -0.05) is 48.4 Å². The number of ether oxygens (including phenoxy) is 4. The number of rotatable bonds is 6. The zero-order chi connectivity index (χ0) is 36.4. The van der Waals surface area contributed by atoms with Gasteiger partial charge in [0.2, 0.25) is 11.8 Å². The van der Waals surface area contributed by atoms with Crippen LogP contribution >= 0.6 is 24.2 Å². The highest BCUT2D eigenvalue weighted by molar-refractivity contribution is 7.80. The summed E-state index contributed by atoms with van der Waals surface area (Å²) in [6.45, 7) is 8.89. The third-order valence-corrected chi connectivity index (χ3v) is 10.6. The number of thiol groups is 1. The summed E-state index contributed by atoms with van der Waals surface area (Å²) in [6.07, 6.45) is 1.39. The number of allylic oxidation sites excluding steroid dienone is 3. The predicted molar refractivity (Wildman–Crippen MR) is 188 cm³/mol. The molecule has 0 saturated carbocycles. The molecular weight excluding hydrogens is 674 g/mol. The van der Waals surface area contributed by atoms with Crippen molar-refractivity contribution in [1.82, 2.24) is 10.2 Å². The van der Waals surface area contributed by atoms with Gasteiger partial charge in [-0.05, 0) is 57.1 Å². The van der Waals surface area contributed by atoms with Crippen LogP contribution in [0.25, 0.3) is 0 Å². The van der Waals surface area contributed by atoms with Crippen LogP contribution in [-0.2, 0) is 39.8 Å². The summed E-state index contributed by atoms with van der Waals surface area (Å²) in [5.41, 5.74) is 0.185. The second kappa shape index (κ2) is 15.4. The van der Waals surface area contributed by atoms with E-state index < -0.39 is 59.8 Å². The first-order valence-corrected chi connectivity index (χ1v) is 17.3. The standard InChI is InChI=1S/C35H48ClN3O9S/c1-19-10-9-11-26(45-8)35(44)18-25(46-33(43)37-35)21(3)31-34(5,48-31)27(47-32(42)22(4)38(6)28(40)12-13-49)17-29(41)39(7)24-16-23(14-19)15-20(2)30(24)36/h9-11,15-16,21-22,25-27,31,44,49H,12-14,17-18H2,1-8H3,(H,37,43)/b11-9+,19-10+/t21-,22+,25+,26-,27+,31?,34-,35+/m1/s1. The molecule has 2 fully saturated rings. The van der Waals surface area contributed by atoms with Crippen LogP contribution in [0.5, 0.6) is 0 Å². The smallest absolute Gasteiger partial charge is 0.409 e. The van der Waals surface area contributed by atoms with Gasteiger partial charge in [0.15, 0.2) is 5.72 Å². The third kappa shape index (κ3) is 8.45. The molecule has 0 aliphatic carbocycles. The highest BCUT2D eigenvalue weighted by atomic mass is 35.5. The Morgan fingerprint density at radius 3 is 2.63 bits per heavy atom. The molecule has 1 unspecified atom stereocenters. The summed E-state index contributed by atoms with van der Waals surface area (Å²) >= 11 is 10.9. The zero-order valence-electron chi connectivity index (χ0n) is 29.3. The van der Waals surface area contributed by atoms with Gasteiger partial charge in [0.05, 0.1) is 23.2 Å². The molecule has 3 heterocycles. The molecule has 4 rings (SSSR count). The molecule has 270 valence electrons. The molecule has 8 atom stereocenters. The van der Waals surface area contributed by atoms with Crippen molar-refractivity contribution in [2.75, 3.05) is 31.9 Å². The van der Waals surface area contributed by atoms with Crippen molar-refractivity contribution in [1.29, 1.82) is 0 Å². The molecule has 4 bridgehead atoms. The van der Waals surface area contributed by atoms with Gasteiger partial charge in [0, 0.05) is 40.0 Å². The van der Waals surface area contributed by atoms with Crippen LogP contribution in [0, 0.1) is 12.8 Å². The van der Waals surface area contributed by atoms with Gasteiger partial charge in [-0.2, -0.15) is 12.6 Å². The molecular formula is C35H48ClN3O9S. The van der Waals surface area contributed by atoms with Crippen molar-refractivity contribution in [3.8, 4) is 0 Å². The van der Waals surface area contributed by atoms with Crippen molar-refractivity contribution in [2.24, 2.45) is 5.92 Å². The fourth-order valence-electron chi connectivity index (χ4n) is 6.53. The molecule has 1 aromatic carbocycles. The van der Waals surface area contributed by atoms with E-state index in [-0.39, 0.29) is 31.1 Å². The Morgan fingerprint density at radius 1 is 1.29 bits per heavy atom. The first-order valence-electron chi connectivity index (χ1n) is 16.3. The second-order valence-corrected chi connectivity index (χ2v) is 14.3. The van der Waals surface area contributed by atoms with Gasteiger partial charge in [0.1, 0.15) is 30.0 Å². The molecule has 2 saturated heterocycles. The predicted octanol–water partition coefficient (Wildman–Crippen LogP) is 4.13. The number of aliphatic hydroxyl groups is 1. The van der Waals surface area contributed by atoms with Crippen LogP contribution in [0.15, 0.2) is 35.9 Å². The van der Waals surface area contributed by atoms with Gasteiger partial charge >= 0.3 is 12.1 Å². The molecule has 2 N–H and O–H groups in total. The van der Waals surface area contributed by atoms with Crippen molar-refractivity contribution in [2.45, 2.75) is 102 Å².